The Bertz CT molecular complexity index is 1120. The topological polar surface area (TPSA) is 75.8 Å². The molecular formula is C28H29N3O2. The van der Waals surface area contributed by atoms with Crippen molar-refractivity contribution in [3.63, 3.8) is 0 Å². The first-order valence-corrected chi connectivity index (χ1v) is 10.4. The molecule has 2 amide bonds. The summed E-state index contributed by atoms with van der Waals surface area (Å²) in [7, 11) is 1.70. The third-order valence-corrected chi connectivity index (χ3v) is 4.75. The van der Waals surface area contributed by atoms with Gasteiger partial charge in [-0.3, -0.25) is 9.59 Å². The summed E-state index contributed by atoms with van der Waals surface area (Å²) in [5, 5.41) is 0. The summed E-state index contributed by atoms with van der Waals surface area (Å²) in [4.78, 5) is 31.2. The van der Waals surface area contributed by atoms with Crippen LogP contribution in [-0.2, 0) is 16.0 Å². The Hall–Kier alpha value is -4.25. The number of aliphatic imine (C=N–C) groups is 1. The van der Waals surface area contributed by atoms with Crippen LogP contribution < -0.4 is 10.6 Å². The zero-order valence-electron chi connectivity index (χ0n) is 19.1. The second-order valence-electron chi connectivity index (χ2n) is 7.30. The van der Waals surface area contributed by atoms with Gasteiger partial charge in [0.1, 0.15) is 0 Å². The number of carbonyl (C=O) groups is 2. The minimum absolute atomic E-state index is 0.185. The van der Waals surface area contributed by atoms with Gasteiger partial charge in [-0.1, -0.05) is 67.8 Å². The molecule has 0 aromatic heterocycles. The van der Waals surface area contributed by atoms with Gasteiger partial charge in [-0.05, 0) is 54.6 Å². The summed E-state index contributed by atoms with van der Waals surface area (Å²) >= 11 is 0. The number of rotatable bonds is 9. The highest BCUT2D eigenvalue weighted by Gasteiger charge is 2.16. The van der Waals surface area contributed by atoms with Gasteiger partial charge in [0.05, 0.1) is 12.1 Å². The molecule has 0 aliphatic heterocycles. The van der Waals surface area contributed by atoms with Crippen LogP contribution >= 0.6 is 0 Å². The van der Waals surface area contributed by atoms with Gasteiger partial charge in [-0.25, -0.2) is 4.99 Å². The smallest absolute Gasteiger partial charge is 0.258 e. The average molecular weight is 440 g/mol. The lowest BCUT2D eigenvalue weighted by Crippen LogP contribution is -2.28. The van der Waals surface area contributed by atoms with E-state index < -0.39 is 0 Å². The van der Waals surface area contributed by atoms with Crippen LogP contribution in [-0.4, -0.2) is 24.6 Å². The van der Waals surface area contributed by atoms with Gasteiger partial charge in [-0.15, -0.1) is 0 Å². The lowest BCUT2D eigenvalue weighted by molar-refractivity contribution is -0.117. The van der Waals surface area contributed by atoms with E-state index in [9.17, 15) is 9.59 Å². The fourth-order valence-corrected chi connectivity index (χ4v) is 3.02. The number of allylic oxidation sites excluding steroid dienone is 5. The van der Waals surface area contributed by atoms with Crippen molar-refractivity contribution < 1.29 is 9.59 Å². The number of hydrogen-bond acceptors (Lipinski definition) is 3. The van der Waals surface area contributed by atoms with Crippen LogP contribution in [0.3, 0.4) is 0 Å². The van der Waals surface area contributed by atoms with Gasteiger partial charge in [0.25, 0.3) is 11.8 Å². The number of amides is 2. The molecule has 0 aliphatic rings. The zero-order chi connectivity index (χ0) is 24.2. The third-order valence-electron chi connectivity index (χ3n) is 4.75. The lowest BCUT2D eigenvalue weighted by Gasteiger charge is -2.19. The molecule has 0 saturated carbocycles. The van der Waals surface area contributed by atoms with Crippen LogP contribution in [0.1, 0.15) is 18.1 Å². The fraction of sp³-hybridized carbons (Fsp3) is 0.107. The van der Waals surface area contributed by atoms with Gasteiger partial charge in [0.15, 0.2) is 0 Å². The molecule has 0 unspecified atom stereocenters. The molecule has 2 aromatic rings. The van der Waals surface area contributed by atoms with Crippen LogP contribution in [0, 0.1) is 0 Å². The number of benzene rings is 2. The Balaban J connectivity index is 2.31. The largest absolute Gasteiger partial charge is 0.405 e. The van der Waals surface area contributed by atoms with E-state index in [1.54, 1.807) is 56.5 Å². The number of hydrogen-bond donors (Lipinski definition) is 1. The Kier molecular flexibility index (Phi) is 9.53. The van der Waals surface area contributed by atoms with E-state index in [1.807, 2.05) is 42.5 Å². The predicted octanol–water partition coefficient (Wildman–Crippen LogP) is 4.92. The van der Waals surface area contributed by atoms with Crippen molar-refractivity contribution in [1.82, 2.24) is 0 Å². The summed E-state index contributed by atoms with van der Waals surface area (Å²) < 4.78 is 0. The lowest BCUT2D eigenvalue weighted by atomic mass is 10.1. The molecule has 0 radical (unpaired) electrons. The molecule has 2 rings (SSSR count). The quantitative estimate of drug-likeness (QED) is 0.342. The minimum atomic E-state index is -0.255. The maximum Gasteiger partial charge on any atom is 0.258 e. The molecule has 0 atom stereocenters. The van der Waals surface area contributed by atoms with Crippen molar-refractivity contribution in [2.75, 3.05) is 11.9 Å². The SMILES string of the molecule is C=C/C=C(\C(=C)C)C(=O)N(C)c1ccc(C(/C=C\C=C\N)=NC(=O)Cc2ccccc2)cc1. The monoisotopic (exact) mass is 439 g/mol. The molecule has 33 heavy (non-hydrogen) atoms. The second-order valence-corrected chi connectivity index (χ2v) is 7.30. The molecular weight excluding hydrogens is 410 g/mol. The van der Waals surface area contributed by atoms with E-state index in [-0.39, 0.29) is 18.2 Å². The van der Waals surface area contributed by atoms with Crippen molar-refractivity contribution in [3.05, 3.63) is 127 Å². The molecule has 0 heterocycles. The van der Waals surface area contributed by atoms with Crippen molar-refractivity contribution >= 4 is 23.2 Å². The van der Waals surface area contributed by atoms with E-state index >= 15 is 0 Å². The standard InChI is InChI=1S/C28H29N3O2/c1-5-11-25(21(2)3)28(33)31(4)24-17-15-23(16-18-24)26(14-9-10-19-29)30-27(32)20-22-12-7-6-8-13-22/h5-19H,1-2,20,29H2,3-4H3/b14-9-,19-10+,25-11+,30-26?. The molecule has 168 valence electrons. The first kappa shape index (κ1) is 25.0. The maximum absolute atomic E-state index is 12.8. The second kappa shape index (κ2) is 12.6. The van der Waals surface area contributed by atoms with E-state index in [0.29, 0.717) is 22.5 Å². The maximum atomic E-state index is 12.8. The third kappa shape index (κ3) is 7.43. The van der Waals surface area contributed by atoms with Crippen LogP contribution in [0.5, 0.6) is 0 Å². The van der Waals surface area contributed by atoms with Gasteiger partial charge < -0.3 is 10.6 Å². The van der Waals surface area contributed by atoms with E-state index in [4.69, 9.17) is 5.73 Å². The normalized spacial score (nSPS) is 12.2. The number of likely N-dealkylation sites (N-methyl/N-ethyl adjacent to an activating group) is 1. The average Bonchev–Trinajstić information content (AvgIpc) is 2.81. The van der Waals surface area contributed by atoms with Crippen molar-refractivity contribution in [2.24, 2.45) is 10.7 Å². The first-order valence-electron chi connectivity index (χ1n) is 10.4. The van der Waals surface area contributed by atoms with E-state index in [1.165, 1.54) is 11.1 Å². The molecule has 2 aromatic carbocycles. The van der Waals surface area contributed by atoms with E-state index in [2.05, 4.69) is 18.2 Å². The Morgan fingerprint density at radius 2 is 1.73 bits per heavy atom. The number of carbonyl (C=O) groups excluding carboxylic acids is 2. The fourth-order valence-electron chi connectivity index (χ4n) is 3.02. The Labute approximate surface area is 195 Å². The molecule has 2 N–H and O–H groups in total. The molecule has 0 saturated heterocycles. The predicted molar refractivity (Wildman–Crippen MR) is 137 cm³/mol. The van der Waals surface area contributed by atoms with Crippen LogP contribution in [0.15, 0.2) is 120 Å². The van der Waals surface area contributed by atoms with Crippen LogP contribution in [0.25, 0.3) is 0 Å². The van der Waals surface area contributed by atoms with E-state index in [0.717, 1.165) is 11.1 Å². The van der Waals surface area contributed by atoms with Gasteiger partial charge in [-0.2, -0.15) is 0 Å². The van der Waals surface area contributed by atoms with Crippen molar-refractivity contribution in [1.29, 1.82) is 0 Å². The summed E-state index contributed by atoms with van der Waals surface area (Å²) in [6, 6.07) is 16.7. The first-order chi connectivity index (χ1) is 15.9. The summed E-state index contributed by atoms with van der Waals surface area (Å²) in [6.45, 7) is 9.31. The summed E-state index contributed by atoms with van der Waals surface area (Å²) in [5.74, 6) is -0.440. The zero-order valence-corrected chi connectivity index (χ0v) is 19.1. The minimum Gasteiger partial charge on any atom is -0.405 e. The van der Waals surface area contributed by atoms with Crippen LogP contribution in [0.2, 0.25) is 0 Å². The highest BCUT2D eigenvalue weighted by Crippen LogP contribution is 2.19. The van der Waals surface area contributed by atoms with Gasteiger partial charge in [0.2, 0.25) is 0 Å². The summed E-state index contributed by atoms with van der Waals surface area (Å²) in [6.07, 6.45) is 9.92. The summed E-state index contributed by atoms with van der Waals surface area (Å²) in [5.41, 5.74) is 9.40. The number of anilines is 1. The Morgan fingerprint density at radius 1 is 1.06 bits per heavy atom. The highest BCUT2D eigenvalue weighted by atomic mass is 16.2. The highest BCUT2D eigenvalue weighted by molar-refractivity contribution is 6.14. The molecule has 5 heteroatoms. The molecule has 0 fully saturated rings. The van der Waals surface area contributed by atoms with Crippen molar-refractivity contribution in [2.45, 2.75) is 13.3 Å². The number of nitrogens with zero attached hydrogens (tertiary/aromatic N) is 2. The van der Waals surface area contributed by atoms with Gasteiger partial charge in [0, 0.05) is 23.9 Å². The molecule has 0 spiro atoms. The van der Waals surface area contributed by atoms with Gasteiger partial charge >= 0.3 is 0 Å². The van der Waals surface area contributed by atoms with Crippen LogP contribution in [0.4, 0.5) is 5.69 Å². The number of nitrogens with two attached hydrogens (primary N) is 1. The molecule has 0 aliphatic carbocycles. The Morgan fingerprint density at radius 3 is 2.30 bits per heavy atom. The van der Waals surface area contributed by atoms with Crippen molar-refractivity contribution in [3.8, 4) is 0 Å². The molecule has 0 bridgehead atoms. The molecule has 5 nitrogen and oxygen atoms in total.